The number of nitrogens with one attached hydrogen (secondary N) is 1. The monoisotopic (exact) mass is 417 g/mol. The van der Waals surface area contributed by atoms with Crippen molar-refractivity contribution in [2.24, 2.45) is 0 Å². The molecule has 0 radical (unpaired) electrons. The van der Waals surface area contributed by atoms with Crippen molar-refractivity contribution in [3.8, 4) is 17.1 Å². The number of hydrogen-bond acceptors (Lipinski definition) is 5. The van der Waals surface area contributed by atoms with E-state index in [2.05, 4.69) is 10.3 Å². The summed E-state index contributed by atoms with van der Waals surface area (Å²) in [6.45, 7) is 2.46. The predicted octanol–water partition coefficient (Wildman–Crippen LogP) is 5.36. The Bertz CT molecular complexity index is 1250. The molecule has 3 aromatic carbocycles. The van der Waals surface area contributed by atoms with Crippen molar-refractivity contribution < 1.29 is 4.92 Å². The van der Waals surface area contributed by atoms with Crippen molar-refractivity contribution in [3.05, 3.63) is 99.3 Å². The van der Waals surface area contributed by atoms with E-state index in [1.54, 1.807) is 12.1 Å². The van der Waals surface area contributed by atoms with Crippen LogP contribution in [0.25, 0.3) is 17.1 Å². The fourth-order valence-corrected chi connectivity index (χ4v) is 3.45. The lowest BCUT2D eigenvalue weighted by atomic mass is 10.2. The van der Waals surface area contributed by atoms with Crippen LogP contribution in [0.2, 0.25) is 0 Å². The first kappa shape index (κ1) is 19.5. The minimum atomic E-state index is -0.418. The molecular formula is C22H19N5O2S. The average molecular weight is 417 g/mol. The van der Waals surface area contributed by atoms with Crippen molar-refractivity contribution in [2.45, 2.75) is 13.6 Å². The summed E-state index contributed by atoms with van der Waals surface area (Å²) in [5.41, 5.74) is 3.80. The van der Waals surface area contributed by atoms with Gasteiger partial charge in [0.1, 0.15) is 6.67 Å². The lowest BCUT2D eigenvalue weighted by Gasteiger charge is -2.16. The third-order valence-electron chi connectivity index (χ3n) is 4.77. The second-order valence-corrected chi connectivity index (χ2v) is 7.08. The van der Waals surface area contributed by atoms with E-state index in [-0.39, 0.29) is 5.69 Å². The van der Waals surface area contributed by atoms with E-state index in [1.807, 2.05) is 70.9 Å². The summed E-state index contributed by atoms with van der Waals surface area (Å²) < 4.78 is 4.20. The zero-order chi connectivity index (χ0) is 21.1. The second kappa shape index (κ2) is 8.30. The van der Waals surface area contributed by atoms with Crippen molar-refractivity contribution in [3.63, 3.8) is 0 Å². The molecule has 8 heteroatoms. The molecule has 7 nitrogen and oxygen atoms in total. The summed E-state index contributed by atoms with van der Waals surface area (Å²) >= 11 is 5.56. The molecular weight excluding hydrogens is 398 g/mol. The molecule has 150 valence electrons. The molecule has 0 spiro atoms. The number of hydrogen-bond donors (Lipinski definition) is 1. The van der Waals surface area contributed by atoms with Gasteiger partial charge in [-0.1, -0.05) is 36.4 Å². The molecule has 4 aromatic rings. The molecule has 30 heavy (non-hydrogen) atoms. The molecule has 0 bridgehead atoms. The molecule has 0 aliphatic carbocycles. The highest BCUT2D eigenvalue weighted by Crippen LogP contribution is 2.25. The third kappa shape index (κ3) is 3.85. The number of nitro benzene ring substituents is 1. The maximum atomic E-state index is 11.0. The topological polar surface area (TPSA) is 77.9 Å². The van der Waals surface area contributed by atoms with E-state index in [0.29, 0.717) is 17.3 Å². The number of para-hydroxylation sites is 2. The first-order valence-electron chi connectivity index (χ1n) is 9.34. The van der Waals surface area contributed by atoms with Crippen molar-refractivity contribution in [1.82, 2.24) is 14.3 Å². The zero-order valence-corrected chi connectivity index (χ0v) is 17.0. The Morgan fingerprint density at radius 1 is 1.00 bits per heavy atom. The van der Waals surface area contributed by atoms with Crippen LogP contribution in [0, 0.1) is 21.8 Å². The number of rotatable bonds is 6. The fraction of sp³-hybridized carbons (Fsp3) is 0.0909. The maximum absolute atomic E-state index is 11.0. The largest absolute Gasteiger partial charge is 0.366 e. The van der Waals surface area contributed by atoms with Crippen LogP contribution in [0.3, 0.4) is 0 Å². The molecule has 4 rings (SSSR count). The Kier molecular flexibility index (Phi) is 5.40. The number of aryl methyl sites for hydroxylation is 1. The highest BCUT2D eigenvalue weighted by molar-refractivity contribution is 7.71. The molecule has 0 amide bonds. The summed E-state index contributed by atoms with van der Waals surface area (Å²) in [4.78, 5) is 15.2. The maximum Gasteiger partial charge on any atom is 0.269 e. The SMILES string of the molecule is Cc1ccccc1NCn1c(=S)nc(-c2ccc([N+](=O)[O-])cc2)n1-c1ccccc1. The molecule has 0 fully saturated rings. The second-order valence-electron chi connectivity index (χ2n) is 6.72. The quantitative estimate of drug-likeness (QED) is 0.260. The molecule has 1 N–H and O–H groups in total. The Hall–Kier alpha value is -3.78. The van der Waals surface area contributed by atoms with Crippen molar-refractivity contribution in [2.75, 3.05) is 5.32 Å². The van der Waals surface area contributed by atoms with Crippen LogP contribution in [0.5, 0.6) is 0 Å². The average Bonchev–Trinajstić information content (AvgIpc) is 3.10. The van der Waals surface area contributed by atoms with E-state index in [4.69, 9.17) is 12.2 Å². The number of nitro groups is 1. The first-order valence-corrected chi connectivity index (χ1v) is 9.75. The van der Waals surface area contributed by atoms with E-state index in [0.717, 1.165) is 22.5 Å². The molecule has 0 unspecified atom stereocenters. The van der Waals surface area contributed by atoms with Gasteiger partial charge in [-0.3, -0.25) is 10.1 Å². The van der Waals surface area contributed by atoms with Crippen LogP contribution in [0.15, 0.2) is 78.9 Å². The summed E-state index contributed by atoms with van der Waals surface area (Å²) in [6.07, 6.45) is 0. The molecule has 0 aliphatic heterocycles. The first-order chi connectivity index (χ1) is 14.5. The van der Waals surface area contributed by atoms with Crippen LogP contribution in [-0.2, 0) is 6.67 Å². The summed E-state index contributed by atoms with van der Waals surface area (Å²) in [6, 6.07) is 24.1. The standard InChI is InChI=1S/C22H19N5O2S/c1-16-7-5-6-10-20(16)23-15-25-22(30)24-21(26(25)18-8-3-2-4-9-18)17-11-13-19(14-12-17)27(28)29/h2-14,23H,15H2,1H3. The molecule has 0 aliphatic rings. The van der Waals surface area contributed by atoms with Gasteiger partial charge in [0.2, 0.25) is 4.77 Å². The van der Waals surface area contributed by atoms with E-state index in [9.17, 15) is 10.1 Å². The van der Waals surface area contributed by atoms with Crippen LogP contribution >= 0.6 is 12.2 Å². The normalized spacial score (nSPS) is 10.7. The van der Waals surface area contributed by atoms with Gasteiger partial charge < -0.3 is 5.32 Å². The van der Waals surface area contributed by atoms with E-state index in [1.165, 1.54) is 12.1 Å². The van der Waals surface area contributed by atoms with Crippen LogP contribution < -0.4 is 5.32 Å². The minimum Gasteiger partial charge on any atom is -0.366 e. The van der Waals surface area contributed by atoms with Crippen LogP contribution in [0.4, 0.5) is 11.4 Å². The van der Waals surface area contributed by atoms with Gasteiger partial charge in [0.05, 0.1) is 10.6 Å². The number of aromatic nitrogens is 3. The number of non-ortho nitro benzene ring substituents is 1. The fourth-order valence-electron chi connectivity index (χ4n) is 3.22. The predicted molar refractivity (Wildman–Crippen MR) is 119 cm³/mol. The van der Waals surface area contributed by atoms with Gasteiger partial charge in [0, 0.05) is 23.4 Å². The van der Waals surface area contributed by atoms with Gasteiger partial charge >= 0.3 is 0 Å². The smallest absolute Gasteiger partial charge is 0.269 e. The molecule has 0 saturated carbocycles. The Balaban J connectivity index is 1.79. The highest BCUT2D eigenvalue weighted by atomic mass is 32.1. The van der Waals surface area contributed by atoms with Gasteiger partial charge in [-0.2, -0.15) is 4.98 Å². The van der Waals surface area contributed by atoms with Crippen molar-refractivity contribution >= 4 is 23.6 Å². The Morgan fingerprint density at radius 2 is 1.67 bits per heavy atom. The molecule has 1 heterocycles. The van der Waals surface area contributed by atoms with Gasteiger partial charge in [-0.15, -0.1) is 0 Å². The van der Waals surface area contributed by atoms with E-state index < -0.39 is 4.92 Å². The van der Waals surface area contributed by atoms with Gasteiger partial charge in [-0.25, -0.2) is 9.36 Å². The minimum absolute atomic E-state index is 0.0317. The summed E-state index contributed by atoms with van der Waals surface area (Å²) in [5, 5.41) is 14.4. The third-order valence-corrected chi connectivity index (χ3v) is 5.07. The number of nitrogens with zero attached hydrogens (tertiary/aromatic N) is 4. The lowest BCUT2D eigenvalue weighted by molar-refractivity contribution is -0.384. The van der Waals surface area contributed by atoms with Gasteiger partial charge in [0.15, 0.2) is 5.82 Å². The molecule has 1 aromatic heterocycles. The number of anilines is 1. The van der Waals surface area contributed by atoms with Gasteiger partial charge in [0.25, 0.3) is 5.69 Å². The van der Waals surface area contributed by atoms with Crippen LogP contribution in [-0.4, -0.2) is 19.3 Å². The molecule has 0 saturated heterocycles. The zero-order valence-electron chi connectivity index (χ0n) is 16.2. The Labute approximate surface area is 178 Å². The Morgan fingerprint density at radius 3 is 2.33 bits per heavy atom. The van der Waals surface area contributed by atoms with Crippen molar-refractivity contribution in [1.29, 1.82) is 0 Å². The summed E-state index contributed by atoms with van der Waals surface area (Å²) in [7, 11) is 0. The molecule has 0 atom stereocenters. The highest BCUT2D eigenvalue weighted by Gasteiger charge is 2.16. The number of benzene rings is 3. The van der Waals surface area contributed by atoms with E-state index >= 15 is 0 Å². The summed E-state index contributed by atoms with van der Waals surface area (Å²) in [5.74, 6) is 0.618. The lowest BCUT2D eigenvalue weighted by Crippen LogP contribution is -2.17. The van der Waals surface area contributed by atoms with Gasteiger partial charge in [-0.05, 0) is 55.0 Å². The van der Waals surface area contributed by atoms with Crippen LogP contribution in [0.1, 0.15) is 5.56 Å².